The second-order valence-corrected chi connectivity index (χ2v) is 3.87. The Bertz CT molecular complexity index is 219. The van der Waals surface area contributed by atoms with E-state index in [1.165, 1.54) is 0 Å². The highest BCUT2D eigenvalue weighted by Gasteiger charge is 2.07. The lowest BCUT2D eigenvalue weighted by Crippen LogP contribution is -2.26. The zero-order valence-corrected chi connectivity index (χ0v) is 9.68. The van der Waals surface area contributed by atoms with Crippen LogP contribution in [0, 0.1) is 0 Å². The van der Waals surface area contributed by atoms with E-state index in [-0.39, 0.29) is 5.91 Å². The molecule has 0 rings (SSSR count). The third kappa shape index (κ3) is 4.90. The summed E-state index contributed by atoms with van der Waals surface area (Å²) in [6.07, 6.45) is 3.11. The van der Waals surface area contributed by atoms with Crippen LogP contribution < -0.4 is 11.1 Å². The molecule has 0 aromatic heterocycles. The fourth-order valence-electron chi connectivity index (χ4n) is 1.22. The second-order valence-electron chi connectivity index (χ2n) is 3.87. The minimum absolute atomic E-state index is 0.329. The molecule has 0 aromatic carbocycles. The Kier molecular flexibility index (Phi) is 6.00. The van der Waals surface area contributed by atoms with Crippen LogP contribution in [-0.2, 0) is 4.79 Å². The van der Waals surface area contributed by atoms with Gasteiger partial charge in [-0.1, -0.05) is 13.3 Å². The molecular weight excluding hydrogens is 176 g/mol. The summed E-state index contributed by atoms with van der Waals surface area (Å²) in [6.45, 7) is 8.02. The van der Waals surface area contributed by atoms with Gasteiger partial charge >= 0.3 is 0 Å². The van der Waals surface area contributed by atoms with Crippen molar-refractivity contribution in [3.63, 3.8) is 0 Å². The number of carbonyl (C=O) groups excluding carboxylic acids is 1. The molecule has 0 atom stereocenters. The molecule has 3 nitrogen and oxygen atoms in total. The second kappa shape index (κ2) is 6.46. The van der Waals surface area contributed by atoms with E-state index in [1.54, 1.807) is 6.92 Å². The van der Waals surface area contributed by atoms with Gasteiger partial charge in [-0.15, -0.1) is 0 Å². The third-order valence-corrected chi connectivity index (χ3v) is 2.07. The topological polar surface area (TPSA) is 55.1 Å². The smallest absolute Gasteiger partial charge is 0.246 e. The van der Waals surface area contributed by atoms with E-state index < -0.39 is 0 Å². The zero-order chi connectivity index (χ0) is 11.1. The minimum atomic E-state index is -0.329. The van der Waals surface area contributed by atoms with E-state index in [9.17, 15) is 4.79 Å². The van der Waals surface area contributed by atoms with Gasteiger partial charge < -0.3 is 11.1 Å². The van der Waals surface area contributed by atoms with Crippen LogP contribution in [0.5, 0.6) is 0 Å². The maximum Gasteiger partial charge on any atom is 0.246 e. The molecule has 0 saturated heterocycles. The predicted molar refractivity (Wildman–Crippen MR) is 59.7 cm³/mol. The average Bonchev–Trinajstić information content (AvgIpc) is 2.10. The average molecular weight is 198 g/mol. The molecule has 0 saturated carbocycles. The molecule has 0 radical (unpaired) electrons. The Labute approximate surface area is 86.8 Å². The summed E-state index contributed by atoms with van der Waals surface area (Å²) in [7, 11) is 0. The van der Waals surface area contributed by atoms with Gasteiger partial charge in [0.25, 0.3) is 0 Å². The number of carbonyl (C=O) groups is 1. The summed E-state index contributed by atoms with van der Waals surface area (Å²) in [5.74, 6) is -0.329. The van der Waals surface area contributed by atoms with Crippen molar-refractivity contribution < 1.29 is 4.79 Å². The summed E-state index contributed by atoms with van der Waals surface area (Å²) >= 11 is 0. The Hall–Kier alpha value is -0.990. The maximum atomic E-state index is 11.0. The molecule has 0 unspecified atom stereocenters. The van der Waals surface area contributed by atoms with Gasteiger partial charge in [-0.3, -0.25) is 4.79 Å². The third-order valence-electron chi connectivity index (χ3n) is 2.07. The lowest BCUT2D eigenvalue weighted by Gasteiger charge is -2.16. The highest BCUT2D eigenvalue weighted by atomic mass is 16.1. The number of hydrogen-bond donors (Lipinski definition) is 2. The van der Waals surface area contributed by atoms with Crippen LogP contribution in [0.15, 0.2) is 11.3 Å². The van der Waals surface area contributed by atoms with Crippen molar-refractivity contribution in [2.24, 2.45) is 5.73 Å². The van der Waals surface area contributed by atoms with E-state index in [4.69, 9.17) is 5.73 Å². The highest BCUT2D eigenvalue weighted by Crippen LogP contribution is 2.10. The van der Waals surface area contributed by atoms with Crippen molar-refractivity contribution in [3.8, 4) is 0 Å². The number of amides is 1. The van der Waals surface area contributed by atoms with Gasteiger partial charge in [0.05, 0.1) is 0 Å². The normalized spacial score (nSPS) is 12.6. The summed E-state index contributed by atoms with van der Waals surface area (Å²) in [4.78, 5) is 11.0. The molecule has 0 bridgehead atoms. The lowest BCUT2D eigenvalue weighted by molar-refractivity contribution is -0.114. The largest absolute Gasteiger partial charge is 0.386 e. The van der Waals surface area contributed by atoms with Crippen molar-refractivity contribution in [1.29, 1.82) is 0 Å². The van der Waals surface area contributed by atoms with E-state index in [0.29, 0.717) is 11.6 Å². The van der Waals surface area contributed by atoms with E-state index >= 15 is 0 Å². The molecular formula is C11H22N2O. The van der Waals surface area contributed by atoms with E-state index in [2.05, 4.69) is 26.1 Å². The number of hydrogen-bond acceptors (Lipinski definition) is 2. The summed E-state index contributed by atoms with van der Waals surface area (Å²) in [6, 6.07) is 0.344. The molecule has 1 amide bonds. The van der Waals surface area contributed by atoms with E-state index in [0.717, 1.165) is 25.0 Å². The van der Waals surface area contributed by atoms with Gasteiger partial charge in [0.2, 0.25) is 5.91 Å². The monoisotopic (exact) mass is 198 g/mol. The first-order valence-electron chi connectivity index (χ1n) is 5.25. The number of nitrogens with one attached hydrogen (secondary N) is 1. The number of rotatable bonds is 6. The van der Waals surface area contributed by atoms with Crippen LogP contribution in [0.25, 0.3) is 0 Å². The fraction of sp³-hybridized carbons (Fsp3) is 0.727. The van der Waals surface area contributed by atoms with Gasteiger partial charge in [0, 0.05) is 17.3 Å². The number of nitrogens with two attached hydrogens (primary N) is 1. The maximum absolute atomic E-state index is 11.0. The van der Waals surface area contributed by atoms with Gasteiger partial charge in [0.15, 0.2) is 0 Å². The van der Waals surface area contributed by atoms with Crippen LogP contribution in [0.1, 0.15) is 47.0 Å². The molecule has 0 heterocycles. The Morgan fingerprint density at radius 3 is 2.36 bits per heavy atom. The lowest BCUT2D eigenvalue weighted by atomic mass is 10.1. The summed E-state index contributed by atoms with van der Waals surface area (Å²) < 4.78 is 0. The van der Waals surface area contributed by atoms with Crippen molar-refractivity contribution in [3.05, 3.63) is 11.3 Å². The Morgan fingerprint density at radius 1 is 1.43 bits per heavy atom. The Balaban J connectivity index is 4.52. The Morgan fingerprint density at radius 2 is 2.00 bits per heavy atom. The zero-order valence-electron chi connectivity index (χ0n) is 9.68. The molecule has 0 aliphatic heterocycles. The molecule has 3 heteroatoms. The molecule has 3 N–H and O–H groups in total. The van der Waals surface area contributed by atoms with Gasteiger partial charge in [-0.2, -0.15) is 0 Å². The molecule has 0 aromatic rings. The molecule has 0 aliphatic rings. The van der Waals surface area contributed by atoms with Crippen LogP contribution in [0.2, 0.25) is 0 Å². The van der Waals surface area contributed by atoms with Gasteiger partial charge in [-0.05, 0) is 33.6 Å². The van der Waals surface area contributed by atoms with Crippen LogP contribution in [0.4, 0.5) is 0 Å². The summed E-state index contributed by atoms with van der Waals surface area (Å²) in [5.41, 5.74) is 6.90. The van der Waals surface area contributed by atoms with Crippen molar-refractivity contribution in [2.75, 3.05) is 0 Å². The van der Waals surface area contributed by atoms with Crippen LogP contribution >= 0.6 is 0 Å². The molecule has 82 valence electrons. The number of primary amides is 1. The van der Waals surface area contributed by atoms with Gasteiger partial charge in [-0.25, -0.2) is 0 Å². The number of allylic oxidation sites excluding steroid dienone is 1. The first kappa shape index (κ1) is 13.0. The van der Waals surface area contributed by atoms with Crippen molar-refractivity contribution >= 4 is 5.91 Å². The van der Waals surface area contributed by atoms with E-state index in [1.807, 2.05) is 0 Å². The standard InChI is InChI=1S/C11H22N2O/c1-5-6-7-10(13-8(2)3)9(4)11(12)14/h8,13H,5-7H2,1-4H3,(H2,12,14)/b10-9-. The first-order valence-corrected chi connectivity index (χ1v) is 5.25. The molecule has 0 spiro atoms. The molecule has 0 fully saturated rings. The van der Waals surface area contributed by atoms with Crippen LogP contribution in [-0.4, -0.2) is 11.9 Å². The quantitative estimate of drug-likeness (QED) is 0.641. The van der Waals surface area contributed by atoms with Crippen molar-refractivity contribution in [2.45, 2.75) is 53.0 Å². The highest BCUT2D eigenvalue weighted by molar-refractivity contribution is 5.91. The first-order chi connectivity index (χ1) is 6.49. The van der Waals surface area contributed by atoms with Gasteiger partial charge in [0.1, 0.15) is 0 Å². The minimum Gasteiger partial charge on any atom is -0.386 e. The predicted octanol–water partition coefficient (Wildman–Crippen LogP) is 1.93. The van der Waals surface area contributed by atoms with Crippen LogP contribution in [0.3, 0.4) is 0 Å². The number of unbranched alkanes of at least 4 members (excludes halogenated alkanes) is 1. The SMILES string of the molecule is CCCC/C(NC(C)C)=C(\C)C(N)=O. The fourth-order valence-corrected chi connectivity index (χ4v) is 1.22. The molecule has 14 heavy (non-hydrogen) atoms. The molecule has 0 aliphatic carbocycles. The van der Waals surface area contributed by atoms with Crippen molar-refractivity contribution in [1.82, 2.24) is 5.32 Å². The summed E-state index contributed by atoms with van der Waals surface area (Å²) in [5, 5.41) is 3.27.